The standard InChI is InChI=1S/C25H37N5OS/c1-17-3-2-7-30(13-17)25-23-22(6-10-32-23)24(27-28-25)26-21-11-19-15-29(16-20(19)12-21)14-18-4-8-31-9-5-18/h6,10,17-21H,2-5,7-9,11-16H2,1H3,(H,26,27)/t17-,19-,20+,21?/m0/s1. The Morgan fingerprint density at radius 1 is 1.09 bits per heavy atom. The van der Waals surface area contributed by atoms with Crippen LogP contribution in [0.2, 0.25) is 0 Å². The second-order valence-corrected chi connectivity index (χ2v) is 11.8. The Hall–Kier alpha value is -1.44. The Bertz CT molecular complexity index is 914. The van der Waals surface area contributed by atoms with Crippen molar-refractivity contribution >= 4 is 33.1 Å². The summed E-state index contributed by atoms with van der Waals surface area (Å²) in [5.41, 5.74) is 0. The second-order valence-electron chi connectivity index (χ2n) is 10.8. The molecular formula is C25H37N5OS. The summed E-state index contributed by atoms with van der Waals surface area (Å²) in [6.07, 6.45) is 7.62. The number of piperidine rings is 1. The number of hydrogen-bond acceptors (Lipinski definition) is 7. The minimum Gasteiger partial charge on any atom is -0.381 e. The molecule has 174 valence electrons. The lowest BCUT2D eigenvalue weighted by atomic mass is 10.00. The molecule has 4 aliphatic rings. The summed E-state index contributed by atoms with van der Waals surface area (Å²) in [5, 5.41) is 16.7. The fraction of sp³-hybridized carbons (Fsp3) is 0.760. The van der Waals surface area contributed by atoms with E-state index in [4.69, 9.17) is 14.9 Å². The average molecular weight is 456 g/mol. The van der Waals surface area contributed by atoms with E-state index in [2.05, 4.69) is 33.5 Å². The lowest BCUT2D eigenvalue weighted by Gasteiger charge is -2.32. The molecule has 32 heavy (non-hydrogen) atoms. The van der Waals surface area contributed by atoms with Crippen LogP contribution in [0.5, 0.6) is 0 Å². The zero-order valence-corrected chi connectivity index (χ0v) is 20.2. The first-order chi connectivity index (χ1) is 15.7. The first-order valence-electron chi connectivity index (χ1n) is 12.8. The van der Waals surface area contributed by atoms with Gasteiger partial charge in [0.2, 0.25) is 0 Å². The van der Waals surface area contributed by atoms with Crippen molar-refractivity contribution in [2.75, 3.05) is 56.2 Å². The summed E-state index contributed by atoms with van der Waals surface area (Å²) in [4.78, 5) is 5.20. The first-order valence-corrected chi connectivity index (χ1v) is 13.7. The minimum atomic E-state index is 0.536. The van der Waals surface area contributed by atoms with E-state index >= 15 is 0 Å². The average Bonchev–Trinajstić information content (AvgIpc) is 3.50. The second kappa shape index (κ2) is 9.07. The highest BCUT2D eigenvalue weighted by atomic mass is 32.1. The molecule has 1 saturated carbocycles. The van der Waals surface area contributed by atoms with E-state index in [1.54, 1.807) is 0 Å². The molecule has 0 spiro atoms. The van der Waals surface area contributed by atoms with Gasteiger partial charge in [0.15, 0.2) is 11.6 Å². The van der Waals surface area contributed by atoms with Crippen LogP contribution in [0.4, 0.5) is 11.6 Å². The number of ether oxygens (including phenoxy) is 1. The van der Waals surface area contributed by atoms with E-state index in [1.807, 2.05) is 11.3 Å². The quantitative estimate of drug-likeness (QED) is 0.718. The lowest BCUT2D eigenvalue weighted by molar-refractivity contribution is 0.0545. The number of rotatable bonds is 5. The van der Waals surface area contributed by atoms with Crippen molar-refractivity contribution in [2.24, 2.45) is 23.7 Å². The SMILES string of the molecule is C[C@H]1CCCN(c2nnc(NC3C[C@@H]4CN(CC5CCOCC5)C[C@@H]4C3)c3ccsc23)C1. The largest absolute Gasteiger partial charge is 0.381 e. The van der Waals surface area contributed by atoms with E-state index in [9.17, 15) is 0 Å². The summed E-state index contributed by atoms with van der Waals surface area (Å²) in [6.45, 7) is 10.3. The molecule has 0 aromatic carbocycles. The van der Waals surface area contributed by atoms with Gasteiger partial charge in [0.05, 0.1) is 4.70 Å². The molecule has 0 amide bonds. The number of hydrogen-bond donors (Lipinski definition) is 1. The van der Waals surface area contributed by atoms with Gasteiger partial charge in [-0.15, -0.1) is 21.5 Å². The van der Waals surface area contributed by atoms with Crippen LogP contribution in [-0.4, -0.2) is 67.1 Å². The number of anilines is 2. The highest BCUT2D eigenvalue weighted by molar-refractivity contribution is 7.17. The number of nitrogens with one attached hydrogen (secondary N) is 1. The number of fused-ring (bicyclic) bond motifs is 2. The normalized spacial score (nSPS) is 32.0. The zero-order chi connectivity index (χ0) is 21.5. The molecule has 1 N–H and O–H groups in total. The number of aromatic nitrogens is 2. The smallest absolute Gasteiger partial charge is 0.169 e. The molecule has 5 heterocycles. The van der Waals surface area contributed by atoms with Gasteiger partial charge >= 0.3 is 0 Å². The topological polar surface area (TPSA) is 53.5 Å². The van der Waals surface area contributed by atoms with Crippen molar-refractivity contribution in [3.8, 4) is 0 Å². The summed E-state index contributed by atoms with van der Waals surface area (Å²) in [5.74, 6) is 5.36. The van der Waals surface area contributed by atoms with Gasteiger partial charge in [0.25, 0.3) is 0 Å². The lowest BCUT2D eigenvalue weighted by Crippen LogP contribution is -2.35. The highest BCUT2D eigenvalue weighted by Gasteiger charge is 2.41. The third-order valence-corrected chi connectivity index (χ3v) is 9.26. The summed E-state index contributed by atoms with van der Waals surface area (Å²) >= 11 is 1.81. The molecular weight excluding hydrogens is 418 g/mol. The Labute approximate surface area is 195 Å². The summed E-state index contributed by atoms with van der Waals surface area (Å²) < 4.78 is 6.84. The fourth-order valence-corrected chi connectivity index (χ4v) is 7.62. The molecule has 6 nitrogen and oxygen atoms in total. The Kier molecular flexibility index (Phi) is 5.99. The minimum absolute atomic E-state index is 0.536. The van der Waals surface area contributed by atoms with Crippen molar-refractivity contribution in [1.29, 1.82) is 0 Å². The number of likely N-dealkylation sites (tertiary alicyclic amines) is 1. The van der Waals surface area contributed by atoms with E-state index in [-0.39, 0.29) is 0 Å². The van der Waals surface area contributed by atoms with Crippen LogP contribution in [0, 0.1) is 23.7 Å². The van der Waals surface area contributed by atoms with E-state index in [0.717, 1.165) is 61.6 Å². The Morgan fingerprint density at radius 2 is 1.91 bits per heavy atom. The molecule has 0 radical (unpaired) electrons. The summed E-state index contributed by atoms with van der Waals surface area (Å²) in [7, 11) is 0. The van der Waals surface area contributed by atoms with Crippen molar-refractivity contribution in [3.63, 3.8) is 0 Å². The van der Waals surface area contributed by atoms with Gasteiger partial charge in [-0.05, 0) is 73.6 Å². The summed E-state index contributed by atoms with van der Waals surface area (Å²) in [6, 6.07) is 2.77. The van der Waals surface area contributed by atoms with Crippen molar-refractivity contribution in [3.05, 3.63) is 11.4 Å². The maximum absolute atomic E-state index is 5.54. The maximum Gasteiger partial charge on any atom is 0.169 e. The fourth-order valence-electron chi connectivity index (χ4n) is 6.71. The van der Waals surface area contributed by atoms with Gasteiger partial charge < -0.3 is 19.9 Å². The van der Waals surface area contributed by atoms with Gasteiger partial charge in [0, 0.05) is 57.4 Å². The van der Waals surface area contributed by atoms with Crippen LogP contribution >= 0.6 is 11.3 Å². The van der Waals surface area contributed by atoms with Crippen LogP contribution in [0.3, 0.4) is 0 Å². The van der Waals surface area contributed by atoms with Gasteiger partial charge in [-0.25, -0.2) is 0 Å². The van der Waals surface area contributed by atoms with Crippen LogP contribution in [0.15, 0.2) is 11.4 Å². The first kappa shape index (κ1) is 21.1. The van der Waals surface area contributed by atoms with Crippen LogP contribution in [0.1, 0.15) is 45.4 Å². The maximum atomic E-state index is 5.54. The van der Waals surface area contributed by atoms with Crippen LogP contribution in [0.25, 0.3) is 10.1 Å². The molecule has 3 aliphatic heterocycles. The van der Waals surface area contributed by atoms with E-state index < -0.39 is 0 Å². The highest BCUT2D eigenvalue weighted by Crippen LogP contribution is 2.41. The third kappa shape index (κ3) is 4.24. The Balaban J connectivity index is 1.09. The molecule has 3 saturated heterocycles. The molecule has 2 aromatic rings. The Morgan fingerprint density at radius 3 is 2.69 bits per heavy atom. The molecule has 4 atom stereocenters. The van der Waals surface area contributed by atoms with Gasteiger partial charge in [-0.1, -0.05) is 6.92 Å². The van der Waals surface area contributed by atoms with Gasteiger partial charge in [0.1, 0.15) is 0 Å². The van der Waals surface area contributed by atoms with Crippen LogP contribution < -0.4 is 10.2 Å². The molecule has 1 unspecified atom stereocenters. The molecule has 4 fully saturated rings. The van der Waals surface area contributed by atoms with E-state index in [1.165, 1.54) is 68.2 Å². The molecule has 2 aromatic heterocycles. The molecule has 0 bridgehead atoms. The predicted molar refractivity (Wildman–Crippen MR) is 132 cm³/mol. The van der Waals surface area contributed by atoms with Crippen molar-refractivity contribution in [2.45, 2.75) is 51.5 Å². The predicted octanol–water partition coefficient (Wildman–Crippen LogP) is 4.48. The monoisotopic (exact) mass is 455 g/mol. The van der Waals surface area contributed by atoms with Crippen LogP contribution in [-0.2, 0) is 4.74 Å². The molecule has 6 rings (SSSR count). The van der Waals surface area contributed by atoms with E-state index in [0.29, 0.717) is 6.04 Å². The zero-order valence-electron chi connectivity index (χ0n) is 19.3. The van der Waals surface area contributed by atoms with Crippen molar-refractivity contribution < 1.29 is 4.74 Å². The molecule has 7 heteroatoms. The third-order valence-electron chi connectivity index (χ3n) is 8.35. The van der Waals surface area contributed by atoms with Gasteiger partial charge in [-0.3, -0.25) is 0 Å². The number of thiophene rings is 1. The van der Waals surface area contributed by atoms with Crippen molar-refractivity contribution in [1.82, 2.24) is 15.1 Å². The van der Waals surface area contributed by atoms with Gasteiger partial charge in [-0.2, -0.15) is 0 Å². The molecule has 1 aliphatic carbocycles. The number of nitrogens with zero attached hydrogens (tertiary/aromatic N) is 4.